The van der Waals surface area contributed by atoms with E-state index in [1.165, 1.54) is 12.1 Å². The van der Waals surface area contributed by atoms with Crippen LogP contribution in [0.3, 0.4) is 0 Å². The SMILES string of the molecule is CC(C)(CCCCSc1cccc(F)c1)C(=O)O. The predicted molar refractivity (Wildman–Crippen MR) is 72.4 cm³/mol. The van der Waals surface area contributed by atoms with E-state index in [1.54, 1.807) is 31.7 Å². The van der Waals surface area contributed by atoms with Gasteiger partial charge in [0, 0.05) is 4.90 Å². The summed E-state index contributed by atoms with van der Waals surface area (Å²) in [4.78, 5) is 11.8. The highest BCUT2D eigenvalue weighted by Gasteiger charge is 2.25. The van der Waals surface area contributed by atoms with Gasteiger partial charge in [0.1, 0.15) is 5.82 Å². The molecular formula is C14H19FO2S. The topological polar surface area (TPSA) is 37.3 Å². The molecule has 1 aromatic carbocycles. The van der Waals surface area contributed by atoms with Crippen LogP contribution < -0.4 is 0 Å². The lowest BCUT2D eigenvalue weighted by atomic mass is 9.88. The second kappa shape index (κ2) is 6.78. The van der Waals surface area contributed by atoms with E-state index in [2.05, 4.69) is 0 Å². The summed E-state index contributed by atoms with van der Waals surface area (Å²) in [5.41, 5.74) is -0.649. The maximum absolute atomic E-state index is 12.9. The average Bonchev–Trinajstić information content (AvgIpc) is 2.28. The van der Waals surface area contributed by atoms with Gasteiger partial charge in [0.05, 0.1) is 5.41 Å². The first kappa shape index (κ1) is 15.0. The number of carbonyl (C=O) groups is 1. The zero-order chi connectivity index (χ0) is 13.6. The lowest BCUT2D eigenvalue weighted by molar-refractivity contribution is -0.147. The van der Waals surface area contributed by atoms with E-state index in [0.29, 0.717) is 6.42 Å². The third-order valence-corrected chi connectivity index (χ3v) is 3.92. The van der Waals surface area contributed by atoms with Crippen LogP contribution >= 0.6 is 11.8 Å². The van der Waals surface area contributed by atoms with Crippen LogP contribution in [0.1, 0.15) is 33.1 Å². The maximum Gasteiger partial charge on any atom is 0.309 e. The summed E-state index contributed by atoms with van der Waals surface area (Å²) in [5, 5.41) is 8.96. The van der Waals surface area contributed by atoms with E-state index in [-0.39, 0.29) is 5.82 Å². The van der Waals surface area contributed by atoms with Gasteiger partial charge < -0.3 is 5.11 Å². The third kappa shape index (κ3) is 5.08. The zero-order valence-electron chi connectivity index (χ0n) is 10.8. The minimum atomic E-state index is -0.750. The molecule has 1 aromatic rings. The van der Waals surface area contributed by atoms with E-state index in [4.69, 9.17) is 5.11 Å². The van der Waals surface area contributed by atoms with E-state index in [9.17, 15) is 9.18 Å². The molecule has 0 spiro atoms. The van der Waals surface area contributed by atoms with Gasteiger partial charge in [-0.15, -0.1) is 11.8 Å². The fourth-order valence-corrected chi connectivity index (χ4v) is 2.48. The second-order valence-electron chi connectivity index (χ2n) is 4.95. The van der Waals surface area contributed by atoms with Gasteiger partial charge in [-0.1, -0.05) is 12.5 Å². The van der Waals surface area contributed by atoms with Crippen molar-refractivity contribution >= 4 is 17.7 Å². The van der Waals surface area contributed by atoms with Gasteiger partial charge in [0.25, 0.3) is 0 Å². The number of unbranched alkanes of at least 4 members (excludes halogenated alkanes) is 1. The fraction of sp³-hybridized carbons (Fsp3) is 0.500. The lowest BCUT2D eigenvalue weighted by Crippen LogP contribution is -2.23. The quantitative estimate of drug-likeness (QED) is 0.596. The van der Waals surface area contributed by atoms with Crippen LogP contribution in [-0.4, -0.2) is 16.8 Å². The molecule has 0 fully saturated rings. The van der Waals surface area contributed by atoms with Crippen molar-refractivity contribution in [1.29, 1.82) is 0 Å². The smallest absolute Gasteiger partial charge is 0.309 e. The molecular weight excluding hydrogens is 251 g/mol. The Bertz CT molecular complexity index is 405. The Morgan fingerprint density at radius 2 is 2.11 bits per heavy atom. The molecule has 18 heavy (non-hydrogen) atoms. The summed E-state index contributed by atoms with van der Waals surface area (Å²) in [6, 6.07) is 6.53. The molecule has 0 saturated heterocycles. The van der Waals surface area contributed by atoms with Gasteiger partial charge >= 0.3 is 5.97 Å². The van der Waals surface area contributed by atoms with Crippen LogP contribution in [0.2, 0.25) is 0 Å². The van der Waals surface area contributed by atoms with Gasteiger partial charge in [0.15, 0.2) is 0 Å². The van der Waals surface area contributed by atoms with Gasteiger partial charge in [-0.2, -0.15) is 0 Å². The van der Waals surface area contributed by atoms with Gasteiger partial charge in [-0.05, 0) is 50.6 Å². The van der Waals surface area contributed by atoms with Crippen molar-refractivity contribution in [2.24, 2.45) is 5.41 Å². The van der Waals surface area contributed by atoms with E-state index >= 15 is 0 Å². The molecule has 0 radical (unpaired) electrons. The average molecular weight is 270 g/mol. The summed E-state index contributed by atoms with van der Waals surface area (Å²) in [5.74, 6) is -0.0774. The van der Waals surface area contributed by atoms with Crippen molar-refractivity contribution in [3.8, 4) is 0 Å². The van der Waals surface area contributed by atoms with Crippen molar-refractivity contribution < 1.29 is 14.3 Å². The third-order valence-electron chi connectivity index (χ3n) is 2.84. The Morgan fingerprint density at radius 1 is 1.39 bits per heavy atom. The van der Waals surface area contributed by atoms with Crippen LogP contribution in [0.4, 0.5) is 4.39 Å². The minimum Gasteiger partial charge on any atom is -0.481 e. The Hall–Kier alpha value is -1.03. The van der Waals surface area contributed by atoms with Crippen molar-refractivity contribution in [3.63, 3.8) is 0 Å². The number of carboxylic acid groups (broad SMARTS) is 1. The normalized spacial score (nSPS) is 11.5. The number of carboxylic acids is 1. The molecule has 2 nitrogen and oxygen atoms in total. The van der Waals surface area contributed by atoms with Crippen LogP contribution in [0.5, 0.6) is 0 Å². The molecule has 0 unspecified atom stereocenters. The zero-order valence-corrected chi connectivity index (χ0v) is 11.6. The number of benzene rings is 1. The Morgan fingerprint density at radius 3 is 2.72 bits per heavy atom. The number of halogens is 1. The highest BCUT2D eigenvalue weighted by Crippen LogP contribution is 2.25. The first-order valence-corrected chi connectivity index (χ1v) is 7.02. The standard InChI is InChI=1S/C14H19FO2S/c1-14(2,13(16)17)8-3-4-9-18-12-7-5-6-11(15)10-12/h5-7,10H,3-4,8-9H2,1-2H3,(H,16,17). The molecule has 0 atom stereocenters. The summed E-state index contributed by atoms with van der Waals surface area (Å²) in [7, 11) is 0. The molecule has 1 N–H and O–H groups in total. The number of rotatable bonds is 7. The Kier molecular flexibility index (Phi) is 5.66. The molecule has 4 heteroatoms. The van der Waals surface area contributed by atoms with Gasteiger partial charge in [-0.3, -0.25) is 4.79 Å². The molecule has 0 aromatic heterocycles. The Labute approximate surface area is 112 Å². The summed E-state index contributed by atoms with van der Waals surface area (Å²) >= 11 is 1.61. The van der Waals surface area contributed by atoms with Crippen molar-refractivity contribution in [1.82, 2.24) is 0 Å². The molecule has 0 saturated carbocycles. The van der Waals surface area contributed by atoms with Gasteiger partial charge in [0.2, 0.25) is 0 Å². The molecule has 0 bridgehead atoms. The fourth-order valence-electron chi connectivity index (χ4n) is 1.52. The highest BCUT2D eigenvalue weighted by molar-refractivity contribution is 7.99. The van der Waals surface area contributed by atoms with E-state index in [0.717, 1.165) is 23.5 Å². The first-order chi connectivity index (χ1) is 8.42. The van der Waals surface area contributed by atoms with Crippen LogP contribution in [0, 0.1) is 11.2 Å². The van der Waals surface area contributed by atoms with E-state index < -0.39 is 11.4 Å². The van der Waals surface area contributed by atoms with E-state index in [1.807, 2.05) is 6.07 Å². The first-order valence-electron chi connectivity index (χ1n) is 6.03. The van der Waals surface area contributed by atoms with Crippen LogP contribution in [0.25, 0.3) is 0 Å². The molecule has 0 heterocycles. The van der Waals surface area contributed by atoms with Crippen molar-refractivity contribution in [2.45, 2.75) is 38.0 Å². The van der Waals surface area contributed by atoms with Crippen molar-refractivity contribution in [3.05, 3.63) is 30.1 Å². The number of hydrogen-bond donors (Lipinski definition) is 1. The largest absolute Gasteiger partial charge is 0.481 e. The summed E-state index contributed by atoms with van der Waals surface area (Å²) in [6.07, 6.45) is 2.49. The minimum absolute atomic E-state index is 0.216. The number of aliphatic carboxylic acids is 1. The van der Waals surface area contributed by atoms with Gasteiger partial charge in [-0.25, -0.2) is 4.39 Å². The lowest BCUT2D eigenvalue weighted by Gasteiger charge is -2.18. The molecule has 0 aliphatic rings. The maximum atomic E-state index is 12.9. The molecule has 0 aliphatic carbocycles. The second-order valence-corrected chi connectivity index (χ2v) is 6.12. The Balaban J connectivity index is 2.22. The predicted octanol–water partition coefficient (Wildman–Crippen LogP) is 4.20. The van der Waals surface area contributed by atoms with Crippen LogP contribution in [-0.2, 0) is 4.79 Å². The number of hydrogen-bond acceptors (Lipinski definition) is 2. The number of thioether (sulfide) groups is 1. The van der Waals surface area contributed by atoms with Crippen LogP contribution in [0.15, 0.2) is 29.2 Å². The monoisotopic (exact) mass is 270 g/mol. The molecule has 1 rings (SSSR count). The molecule has 0 aliphatic heterocycles. The van der Waals surface area contributed by atoms with Crippen molar-refractivity contribution in [2.75, 3.05) is 5.75 Å². The summed E-state index contributed by atoms with van der Waals surface area (Å²) < 4.78 is 12.9. The summed E-state index contributed by atoms with van der Waals surface area (Å²) in [6.45, 7) is 3.49. The highest BCUT2D eigenvalue weighted by atomic mass is 32.2. The molecule has 0 amide bonds. The molecule has 100 valence electrons.